The molecule has 21 heavy (non-hydrogen) atoms. The first-order chi connectivity index (χ1) is 10.1. The monoisotopic (exact) mass is 320 g/mol. The van der Waals surface area contributed by atoms with Crippen LogP contribution in [0.15, 0.2) is 18.2 Å². The van der Waals surface area contributed by atoms with Crippen molar-refractivity contribution in [1.29, 1.82) is 0 Å². The molecule has 2 aromatic rings. The number of hydrogen-bond acceptors (Lipinski definition) is 4. The summed E-state index contributed by atoms with van der Waals surface area (Å²) >= 11 is 3.74. The number of ether oxygens (including phenoxy) is 1. The molecule has 0 radical (unpaired) electrons. The Morgan fingerprint density at radius 2 is 1.90 bits per heavy atom. The van der Waals surface area contributed by atoms with Gasteiger partial charge in [0.1, 0.15) is 11.9 Å². The lowest BCUT2D eigenvalue weighted by atomic mass is 10.0. The Bertz CT molecular complexity index is 614. The second-order valence-electron chi connectivity index (χ2n) is 5.49. The van der Waals surface area contributed by atoms with E-state index in [2.05, 4.69) is 6.07 Å². The molecule has 1 aliphatic heterocycles. The topological polar surface area (TPSA) is 29.5 Å². The first-order valence-corrected chi connectivity index (χ1v) is 9.09. The molecule has 0 amide bonds. The molecule has 1 aliphatic rings. The third kappa shape index (κ3) is 2.85. The quantitative estimate of drug-likeness (QED) is 0.917. The smallest absolute Gasteiger partial charge is 0.124 e. The van der Waals surface area contributed by atoms with Crippen molar-refractivity contribution >= 4 is 23.1 Å². The van der Waals surface area contributed by atoms with Crippen molar-refractivity contribution in [2.24, 2.45) is 0 Å². The van der Waals surface area contributed by atoms with Crippen molar-refractivity contribution in [2.45, 2.75) is 32.1 Å². The van der Waals surface area contributed by atoms with Gasteiger partial charge in [0.2, 0.25) is 0 Å². The molecule has 0 aliphatic carbocycles. The molecule has 3 rings (SSSR count). The van der Waals surface area contributed by atoms with Crippen molar-refractivity contribution in [3.8, 4) is 5.75 Å². The summed E-state index contributed by atoms with van der Waals surface area (Å²) in [4.78, 5) is 2.51. The molecule has 1 N–H and O–H groups in total. The number of rotatable bonds is 3. The molecule has 0 spiro atoms. The second-order valence-corrected chi connectivity index (χ2v) is 7.76. The minimum absolute atomic E-state index is 0.533. The van der Waals surface area contributed by atoms with Crippen LogP contribution in [0.5, 0.6) is 5.75 Å². The summed E-state index contributed by atoms with van der Waals surface area (Å²) < 4.78 is 5.40. The van der Waals surface area contributed by atoms with Gasteiger partial charge in [0.15, 0.2) is 0 Å². The number of hydrogen-bond donors (Lipinski definition) is 1. The zero-order valence-corrected chi connectivity index (χ0v) is 14.2. The lowest BCUT2D eigenvalue weighted by Gasteiger charge is -2.14. The number of thiophene rings is 1. The molecule has 0 saturated heterocycles. The summed E-state index contributed by atoms with van der Waals surface area (Å²) in [5.74, 6) is 3.19. The average molecular weight is 320 g/mol. The maximum absolute atomic E-state index is 10.7. The van der Waals surface area contributed by atoms with Crippen LogP contribution >= 0.6 is 23.1 Å². The largest absolute Gasteiger partial charge is 0.496 e. The zero-order valence-electron chi connectivity index (χ0n) is 12.6. The van der Waals surface area contributed by atoms with Gasteiger partial charge in [-0.1, -0.05) is 0 Å². The Balaban J connectivity index is 1.94. The summed E-state index contributed by atoms with van der Waals surface area (Å²) in [6, 6.07) is 6.25. The van der Waals surface area contributed by atoms with Crippen LogP contribution < -0.4 is 4.74 Å². The summed E-state index contributed by atoms with van der Waals surface area (Å²) in [7, 11) is 1.69. The van der Waals surface area contributed by atoms with Crippen molar-refractivity contribution < 1.29 is 9.84 Å². The lowest BCUT2D eigenvalue weighted by molar-refractivity contribution is 0.224. The van der Waals surface area contributed by atoms with Crippen molar-refractivity contribution in [3.63, 3.8) is 0 Å². The third-order valence-corrected chi connectivity index (χ3v) is 6.22. The standard InChI is InChI=1S/C17H20O2S2/c1-10-6-12(7-11(2)17(10)19-3)16(18)15-8-13-9-20-5-4-14(13)21-15/h6-8,16,18H,4-5,9H2,1-3H3. The summed E-state index contributed by atoms with van der Waals surface area (Å²) in [5.41, 5.74) is 4.51. The molecule has 1 atom stereocenters. The van der Waals surface area contributed by atoms with Gasteiger partial charge in [0, 0.05) is 15.5 Å². The van der Waals surface area contributed by atoms with Crippen LogP contribution in [-0.4, -0.2) is 18.0 Å². The summed E-state index contributed by atoms with van der Waals surface area (Å²) in [6.45, 7) is 4.05. The number of methoxy groups -OCH3 is 1. The number of aliphatic hydroxyl groups excluding tert-OH is 1. The number of aliphatic hydroxyl groups is 1. The van der Waals surface area contributed by atoms with Gasteiger partial charge >= 0.3 is 0 Å². The molecule has 1 aromatic heterocycles. The van der Waals surface area contributed by atoms with Crippen LogP contribution in [0.25, 0.3) is 0 Å². The van der Waals surface area contributed by atoms with E-state index in [1.54, 1.807) is 18.4 Å². The van der Waals surface area contributed by atoms with Crippen LogP contribution in [0.2, 0.25) is 0 Å². The fraction of sp³-hybridized carbons (Fsp3) is 0.412. The predicted octanol–water partition coefficient (Wildman–Crippen LogP) is 4.24. The SMILES string of the molecule is COc1c(C)cc(C(O)c2cc3c(s2)CCSC3)cc1C. The molecule has 1 unspecified atom stereocenters. The molecule has 2 heterocycles. The molecule has 0 bridgehead atoms. The molecular formula is C17H20O2S2. The number of fused-ring (bicyclic) bond motifs is 1. The van der Waals surface area contributed by atoms with Gasteiger partial charge in [-0.15, -0.1) is 11.3 Å². The Labute approximate surface area is 134 Å². The highest BCUT2D eigenvalue weighted by molar-refractivity contribution is 7.98. The fourth-order valence-corrected chi connectivity index (χ4v) is 5.32. The molecule has 4 heteroatoms. The Hall–Kier alpha value is -0.970. The minimum Gasteiger partial charge on any atom is -0.496 e. The Morgan fingerprint density at radius 3 is 2.52 bits per heavy atom. The summed E-state index contributed by atoms with van der Waals surface area (Å²) in [5, 5.41) is 10.7. The van der Waals surface area contributed by atoms with Gasteiger partial charge in [0.05, 0.1) is 7.11 Å². The Kier molecular flexibility index (Phi) is 4.29. The Morgan fingerprint density at radius 1 is 1.19 bits per heavy atom. The first-order valence-electron chi connectivity index (χ1n) is 7.12. The predicted molar refractivity (Wildman–Crippen MR) is 90.7 cm³/mol. The molecular weight excluding hydrogens is 300 g/mol. The van der Waals surface area contributed by atoms with Gasteiger partial charge in [-0.05, 0) is 66.5 Å². The van der Waals surface area contributed by atoms with E-state index in [1.807, 2.05) is 37.7 Å². The van der Waals surface area contributed by atoms with Gasteiger partial charge in [-0.2, -0.15) is 11.8 Å². The van der Waals surface area contributed by atoms with Crippen LogP contribution in [0, 0.1) is 13.8 Å². The van der Waals surface area contributed by atoms with Crippen molar-refractivity contribution in [1.82, 2.24) is 0 Å². The maximum Gasteiger partial charge on any atom is 0.124 e. The van der Waals surface area contributed by atoms with Crippen molar-refractivity contribution in [3.05, 3.63) is 50.2 Å². The van der Waals surface area contributed by atoms with E-state index in [0.29, 0.717) is 0 Å². The fourth-order valence-electron chi connectivity index (χ4n) is 2.93. The van der Waals surface area contributed by atoms with E-state index < -0.39 is 6.10 Å². The average Bonchev–Trinajstić information content (AvgIpc) is 2.90. The highest BCUT2D eigenvalue weighted by Crippen LogP contribution is 2.37. The van der Waals surface area contributed by atoms with Crippen molar-refractivity contribution in [2.75, 3.05) is 12.9 Å². The van der Waals surface area contributed by atoms with E-state index in [1.165, 1.54) is 16.2 Å². The maximum atomic E-state index is 10.7. The third-order valence-electron chi connectivity index (χ3n) is 3.92. The lowest BCUT2D eigenvalue weighted by Crippen LogP contribution is -2.00. The second kappa shape index (κ2) is 6.03. The molecule has 1 aromatic carbocycles. The van der Waals surface area contributed by atoms with E-state index in [9.17, 15) is 5.11 Å². The van der Waals surface area contributed by atoms with E-state index in [-0.39, 0.29) is 0 Å². The summed E-state index contributed by atoms with van der Waals surface area (Å²) in [6.07, 6.45) is 0.604. The number of aryl methyl sites for hydroxylation is 3. The van der Waals surface area contributed by atoms with Gasteiger partial charge in [0.25, 0.3) is 0 Å². The zero-order chi connectivity index (χ0) is 15.0. The van der Waals surface area contributed by atoms with Gasteiger partial charge in [-0.3, -0.25) is 0 Å². The van der Waals surface area contributed by atoms with E-state index in [4.69, 9.17) is 4.74 Å². The molecule has 2 nitrogen and oxygen atoms in total. The van der Waals surface area contributed by atoms with Gasteiger partial charge < -0.3 is 9.84 Å². The number of benzene rings is 1. The molecule has 0 fully saturated rings. The van der Waals surface area contributed by atoms with Crippen LogP contribution in [0.4, 0.5) is 0 Å². The molecule has 0 saturated carbocycles. The highest BCUT2D eigenvalue weighted by atomic mass is 32.2. The first kappa shape index (κ1) is 14.9. The highest BCUT2D eigenvalue weighted by Gasteiger charge is 2.20. The van der Waals surface area contributed by atoms with E-state index in [0.717, 1.165) is 39.5 Å². The van der Waals surface area contributed by atoms with Gasteiger partial charge in [-0.25, -0.2) is 0 Å². The molecule has 112 valence electrons. The normalized spacial score (nSPS) is 15.6. The van der Waals surface area contributed by atoms with Crippen LogP contribution in [0.1, 0.15) is 38.1 Å². The van der Waals surface area contributed by atoms with Crippen LogP contribution in [0.3, 0.4) is 0 Å². The van der Waals surface area contributed by atoms with E-state index >= 15 is 0 Å². The minimum atomic E-state index is -0.533. The number of thioether (sulfide) groups is 1. The van der Waals surface area contributed by atoms with Crippen LogP contribution in [-0.2, 0) is 12.2 Å².